The second-order valence-electron chi connectivity index (χ2n) is 6.11. The summed E-state index contributed by atoms with van der Waals surface area (Å²) >= 11 is 0. The van der Waals surface area contributed by atoms with Gasteiger partial charge in [0.15, 0.2) is 0 Å². The lowest BCUT2D eigenvalue weighted by atomic mass is 10.1. The Bertz CT molecular complexity index is 297. The first-order valence-corrected chi connectivity index (χ1v) is 7.97. The number of carbonyl (C=O) groups is 2. The van der Waals surface area contributed by atoms with Crippen molar-refractivity contribution >= 4 is 12.1 Å². The van der Waals surface area contributed by atoms with Gasteiger partial charge in [-0.3, -0.25) is 4.79 Å². The van der Waals surface area contributed by atoms with Gasteiger partial charge in [0.25, 0.3) is 0 Å². The molecule has 5 nitrogen and oxygen atoms in total. The third-order valence-electron chi connectivity index (χ3n) is 2.78. The minimum atomic E-state index is -0.441. The van der Waals surface area contributed by atoms with Crippen molar-refractivity contribution in [2.45, 2.75) is 78.2 Å². The predicted molar refractivity (Wildman–Crippen MR) is 83.2 cm³/mol. The SMILES string of the molecule is CCOC(=O)CCCCCCCCNC(=O)OC(C)(C)C. The number of unbranched alkanes of at least 4 members (excludes halogenated alkanes) is 5. The molecule has 0 aliphatic rings. The van der Waals surface area contributed by atoms with Gasteiger partial charge in [-0.2, -0.15) is 0 Å². The third kappa shape index (κ3) is 15.0. The first kappa shape index (κ1) is 19.7. The highest BCUT2D eigenvalue weighted by Crippen LogP contribution is 2.08. The first-order valence-electron chi connectivity index (χ1n) is 7.97. The highest BCUT2D eigenvalue weighted by molar-refractivity contribution is 5.69. The van der Waals surface area contributed by atoms with E-state index in [-0.39, 0.29) is 12.1 Å². The number of esters is 1. The molecule has 124 valence electrons. The zero-order chi connectivity index (χ0) is 16.1. The number of rotatable bonds is 10. The maximum Gasteiger partial charge on any atom is 0.407 e. The smallest absolute Gasteiger partial charge is 0.407 e. The van der Waals surface area contributed by atoms with Crippen LogP contribution in [-0.4, -0.2) is 30.8 Å². The number of hydrogen-bond acceptors (Lipinski definition) is 4. The average molecular weight is 301 g/mol. The van der Waals surface area contributed by atoms with Crippen molar-refractivity contribution in [3.05, 3.63) is 0 Å². The number of ether oxygens (including phenoxy) is 2. The van der Waals surface area contributed by atoms with Crippen LogP contribution in [-0.2, 0) is 14.3 Å². The van der Waals surface area contributed by atoms with Crippen LogP contribution in [0.1, 0.15) is 72.6 Å². The molecule has 0 bridgehead atoms. The van der Waals surface area contributed by atoms with Gasteiger partial charge in [-0.1, -0.05) is 25.7 Å². The number of amides is 1. The maximum atomic E-state index is 11.4. The molecule has 0 rings (SSSR count). The zero-order valence-electron chi connectivity index (χ0n) is 14.0. The highest BCUT2D eigenvalue weighted by atomic mass is 16.6. The number of hydrogen-bond donors (Lipinski definition) is 1. The van der Waals surface area contributed by atoms with Crippen LogP contribution in [0, 0.1) is 0 Å². The summed E-state index contributed by atoms with van der Waals surface area (Å²) in [6, 6.07) is 0. The van der Waals surface area contributed by atoms with E-state index in [9.17, 15) is 9.59 Å². The molecule has 0 aliphatic heterocycles. The Balaban J connectivity index is 3.30. The van der Waals surface area contributed by atoms with Crippen LogP contribution in [0.3, 0.4) is 0 Å². The first-order chi connectivity index (χ1) is 9.85. The van der Waals surface area contributed by atoms with Crippen molar-refractivity contribution in [3.8, 4) is 0 Å². The number of carbonyl (C=O) groups excluding carboxylic acids is 2. The van der Waals surface area contributed by atoms with Crippen LogP contribution >= 0.6 is 0 Å². The summed E-state index contributed by atoms with van der Waals surface area (Å²) in [7, 11) is 0. The van der Waals surface area contributed by atoms with E-state index in [0.29, 0.717) is 19.6 Å². The van der Waals surface area contributed by atoms with Gasteiger partial charge >= 0.3 is 12.1 Å². The lowest BCUT2D eigenvalue weighted by Gasteiger charge is -2.19. The molecule has 5 heteroatoms. The molecule has 0 heterocycles. The van der Waals surface area contributed by atoms with Gasteiger partial charge in [0.1, 0.15) is 5.60 Å². The van der Waals surface area contributed by atoms with Crippen LogP contribution in [0.15, 0.2) is 0 Å². The standard InChI is InChI=1S/C16H31NO4/c1-5-20-14(18)12-10-8-6-7-9-11-13-17-15(19)21-16(2,3)4/h5-13H2,1-4H3,(H,17,19). The van der Waals surface area contributed by atoms with Crippen LogP contribution in [0.4, 0.5) is 4.79 Å². The fourth-order valence-electron chi connectivity index (χ4n) is 1.84. The summed E-state index contributed by atoms with van der Waals surface area (Å²) in [5, 5.41) is 2.75. The Hall–Kier alpha value is -1.26. The molecular weight excluding hydrogens is 270 g/mol. The molecule has 0 spiro atoms. The van der Waals surface area contributed by atoms with Gasteiger partial charge in [-0.05, 0) is 40.5 Å². The Kier molecular flexibility index (Phi) is 10.7. The van der Waals surface area contributed by atoms with E-state index in [1.54, 1.807) is 0 Å². The lowest BCUT2D eigenvalue weighted by Crippen LogP contribution is -2.32. The second kappa shape index (κ2) is 11.4. The molecule has 0 radical (unpaired) electrons. The molecule has 21 heavy (non-hydrogen) atoms. The van der Waals surface area contributed by atoms with Crippen molar-refractivity contribution in [2.24, 2.45) is 0 Å². The Morgan fingerprint density at radius 2 is 1.52 bits per heavy atom. The van der Waals surface area contributed by atoms with Crippen molar-refractivity contribution in [1.82, 2.24) is 5.32 Å². The lowest BCUT2D eigenvalue weighted by molar-refractivity contribution is -0.143. The maximum absolute atomic E-state index is 11.4. The van der Waals surface area contributed by atoms with E-state index in [0.717, 1.165) is 38.5 Å². The van der Waals surface area contributed by atoms with Crippen molar-refractivity contribution in [3.63, 3.8) is 0 Å². The van der Waals surface area contributed by atoms with Gasteiger partial charge in [0, 0.05) is 13.0 Å². The molecule has 0 aliphatic carbocycles. The van der Waals surface area contributed by atoms with E-state index in [2.05, 4.69) is 5.32 Å². The summed E-state index contributed by atoms with van der Waals surface area (Å²) in [5.41, 5.74) is -0.441. The van der Waals surface area contributed by atoms with Gasteiger partial charge in [-0.15, -0.1) is 0 Å². The van der Waals surface area contributed by atoms with Crippen LogP contribution in [0.2, 0.25) is 0 Å². The van der Waals surface area contributed by atoms with Crippen LogP contribution in [0.5, 0.6) is 0 Å². The minimum Gasteiger partial charge on any atom is -0.466 e. The summed E-state index contributed by atoms with van der Waals surface area (Å²) in [6.07, 6.45) is 6.40. The zero-order valence-corrected chi connectivity index (χ0v) is 14.0. The molecule has 0 aromatic heterocycles. The molecule has 1 amide bonds. The summed E-state index contributed by atoms with van der Waals surface area (Å²) < 4.78 is 10.0. The molecule has 0 unspecified atom stereocenters. The van der Waals surface area contributed by atoms with Crippen LogP contribution in [0.25, 0.3) is 0 Å². The van der Waals surface area contributed by atoms with E-state index >= 15 is 0 Å². The fraction of sp³-hybridized carbons (Fsp3) is 0.875. The highest BCUT2D eigenvalue weighted by Gasteiger charge is 2.15. The van der Waals surface area contributed by atoms with Gasteiger partial charge in [-0.25, -0.2) is 4.79 Å². The monoisotopic (exact) mass is 301 g/mol. The topological polar surface area (TPSA) is 64.6 Å². The van der Waals surface area contributed by atoms with Crippen LogP contribution < -0.4 is 5.32 Å². The summed E-state index contributed by atoms with van der Waals surface area (Å²) in [6.45, 7) is 8.49. The van der Waals surface area contributed by atoms with Crippen molar-refractivity contribution < 1.29 is 19.1 Å². The molecule has 0 fully saturated rings. The van der Waals surface area contributed by atoms with Crippen molar-refractivity contribution in [2.75, 3.05) is 13.2 Å². The third-order valence-corrected chi connectivity index (χ3v) is 2.78. The van der Waals surface area contributed by atoms with E-state index in [4.69, 9.17) is 9.47 Å². The van der Waals surface area contributed by atoms with Gasteiger partial charge in [0.05, 0.1) is 6.61 Å². The number of nitrogens with one attached hydrogen (secondary N) is 1. The Morgan fingerprint density at radius 1 is 0.952 bits per heavy atom. The number of alkyl carbamates (subject to hydrolysis) is 1. The average Bonchev–Trinajstić information content (AvgIpc) is 2.35. The van der Waals surface area contributed by atoms with E-state index < -0.39 is 5.60 Å². The minimum absolute atomic E-state index is 0.0981. The largest absolute Gasteiger partial charge is 0.466 e. The quantitative estimate of drug-likeness (QED) is 0.492. The normalized spacial score (nSPS) is 11.0. The molecule has 1 N–H and O–H groups in total. The Morgan fingerprint density at radius 3 is 2.10 bits per heavy atom. The molecule has 0 saturated carbocycles. The summed E-state index contributed by atoms with van der Waals surface area (Å²) in [4.78, 5) is 22.5. The molecule has 0 saturated heterocycles. The van der Waals surface area contributed by atoms with E-state index in [1.807, 2.05) is 27.7 Å². The van der Waals surface area contributed by atoms with Gasteiger partial charge < -0.3 is 14.8 Å². The van der Waals surface area contributed by atoms with Gasteiger partial charge in [0.2, 0.25) is 0 Å². The summed E-state index contributed by atoms with van der Waals surface area (Å²) in [5.74, 6) is -0.0981. The molecule has 0 atom stereocenters. The van der Waals surface area contributed by atoms with E-state index in [1.165, 1.54) is 0 Å². The predicted octanol–water partition coefficient (Wildman–Crippen LogP) is 3.80. The molecular formula is C16H31NO4. The molecule has 0 aromatic rings. The Labute approximate surface area is 128 Å². The molecule has 0 aromatic carbocycles. The second-order valence-corrected chi connectivity index (χ2v) is 6.11. The fourth-order valence-corrected chi connectivity index (χ4v) is 1.84. The van der Waals surface area contributed by atoms with Crippen molar-refractivity contribution in [1.29, 1.82) is 0 Å².